The second-order valence-corrected chi connectivity index (χ2v) is 4.50. The third kappa shape index (κ3) is 2.64. The summed E-state index contributed by atoms with van der Waals surface area (Å²) in [5.41, 5.74) is 2.14. The number of hydrogen-bond donors (Lipinski definition) is 0. The first-order valence-corrected chi connectivity index (χ1v) is 5.69. The topological polar surface area (TPSA) is 17.8 Å². The van der Waals surface area contributed by atoms with Crippen molar-refractivity contribution in [3.05, 3.63) is 16.4 Å². The van der Waals surface area contributed by atoms with E-state index in [-0.39, 0.29) is 5.38 Å². The molecular weight excluding hydrogens is 219 g/mol. The highest BCUT2D eigenvalue weighted by Crippen LogP contribution is 2.22. The normalized spacial score (nSPS) is 13.2. The Labute approximate surface area is 95.2 Å². The van der Waals surface area contributed by atoms with Crippen LogP contribution in [-0.2, 0) is 13.5 Å². The molecule has 0 amide bonds. The summed E-state index contributed by atoms with van der Waals surface area (Å²) in [6.07, 6.45) is 2.88. The molecule has 14 heavy (non-hydrogen) atoms. The molecule has 2 nitrogen and oxygen atoms in total. The van der Waals surface area contributed by atoms with Gasteiger partial charge in [0.25, 0.3) is 0 Å². The maximum absolute atomic E-state index is 6.10. The van der Waals surface area contributed by atoms with Crippen molar-refractivity contribution in [2.45, 2.75) is 38.5 Å². The second-order valence-electron chi connectivity index (χ2n) is 3.52. The first-order chi connectivity index (χ1) is 6.56. The van der Waals surface area contributed by atoms with E-state index in [2.05, 4.69) is 12.0 Å². The van der Waals surface area contributed by atoms with E-state index in [9.17, 15) is 0 Å². The Kier molecular flexibility index (Phi) is 4.27. The predicted molar refractivity (Wildman–Crippen MR) is 61.2 cm³/mol. The first-order valence-electron chi connectivity index (χ1n) is 4.88. The summed E-state index contributed by atoms with van der Waals surface area (Å²) in [6.45, 7) is 4.08. The molecule has 0 aliphatic rings. The van der Waals surface area contributed by atoms with E-state index in [0.29, 0.717) is 0 Å². The molecule has 1 rings (SSSR count). The number of aryl methyl sites for hydroxylation is 2. The summed E-state index contributed by atoms with van der Waals surface area (Å²) < 4.78 is 1.71. The number of nitrogens with zero attached hydrogens (tertiary/aromatic N) is 2. The summed E-state index contributed by atoms with van der Waals surface area (Å²) in [5.74, 6) is 0. The van der Waals surface area contributed by atoms with Crippen molar-refractivity contribution < 1.29 is 0 Å². The molecule has 1 aromatic rings. The zero-order valence-corrected chi connectivity index (χ0v) is 10.4. The molecule has 0 saturated heterocycles. The van der Waals surface area contributed by atoms with Crippen molar-refractivity contribution in [3.63, 3.8) is 0 Å². The Morgan fingerprint density at radius 3 is 2.57 bits per heavy atom. The van der Waals surface area contributed by atoms with Crippen molar-refractivity contribution in [1.82, 2.24) is 9.78 Å². The molecule has 0 aliphatic carbocycles. The van der Waals surface area contributed by atoms with Gasteiger partial charge in [-0.25, -0.2) is 0 Å². The van der Waals surface area contributed by atoms with Crippen LogP contribution in [0, 0.1) is 6.92 Å². The smallest absolute Gasteiger partial charge is 0.130 e. The Morgan fingerprint density at radius 1 is 1.50 bits per heavy atom. The molecule has 0 N–H and O–H groups in total. The molecule has 0 bridgehead atoms. The van der Waals surface area contributed by atoms with Crippen LogP contribution < -0.4 is 0 Å². The molecular formula is C10H16Cl2N2. The Hall–Kier alpha value is -0.210. The van der Waals surface area contributed by atoms with Crippen molar-refractivity contribution in [2.75, 3.05) is 0 Å². The molecule has 1 unspecified atom stereocenters. The van der Waals surface area contributed by atoms with Gasteiger partial charge in [0.2, 0.25) is 0 Å². The minimum Gasteiger partial charge on any atom is -0.257 e. The van der Waals surface area contributed by atoms with Gasteiger partial charge in [-0.3, -0.25) is 4.68 Å². The fourth-order valence-electron chi connectivity index (χ4n) is 1.46. The largest absolute Gasteiger partial charge is 0.257 e. The standard InChI is InChI=1S/C10H16Cl2N2/c1-4-8(11)5-6-9-7(2)13-14(3)10(9)12/h8H,4-6H2,1-3H3. The maximum Gasteiger partial charge on any atom is 0.130 e. The van der Waals surface area contributed by atoms with Gasteiger partial charge in [0.05, 0.1) is 5.69 Å². The molecule has 0 radical (unpaired) electrons. The van der Waals surface area contributed by atoms with Gasteiger partial charge in [0.15, 0.2) is 0 Å². The second kappa shape index (κ2) is 5.04. The molecule has 0 saturated carbocycles. The van der Waals surface area contributed by atoms with Crippen molar-refractivity contribution in [2.24, 2.45) is 7.05 Å². The summed E-state index contributed by atoms with van der Waals surface area (Å²) in [6, 6.07) is 0. The average molecular weight is 235 g/mol. The lowest BCUT2D eigenvalue weighted by molar-refractivity contribution is 0.724. The molecule has 1 aromatic heterocycles. The molecule has 1 heterocycles. The molecule has 0 fully saturated rings. The minimum absolute atomic E-state index is 0.241. The van der Waals surface area contributed by atoms with Crippen LogP contribution >= 0.6 is 23.2 Å². The molecule has 80 valence electrons. The Balaban J connectivity index is 2.67. The first kappa shape index (κ1) is 11.9. The van der Waals surface area contributed by atoms with Gasteiger partial charge in [-0.2, -0.15) is 5.10 Å². The quantitative estimate of drug-likeness (QED) is 0.732. The lowest BCUT2D eigenvalue weighted by atomic mass is 10.1. The lowest BCUT2D eigenvalue weighted by Gasteiger charge is -2.05. The van der Waals surface area contributed by atoms with Crippen LogP contribution in [0.1, 0.15) is 31.0 Å². The SMILES string of the molecule is CCC(Cl)CCc1c(C)nn(C)c1Cl. The Bertz CT molecular complexity index is 307. The van der Waals surface area contributed by atoms with Gasteiger partial charge in [-0.15, -0.1) is 11.6 Å². The van der Waals surface area contributed by atoms with Crippen LogP contribution in [0.5, 0.6) is 0 Å². The number of rotatable bonds is 4. The summed E-state index contributed by atoms with van der Waals surface area (Å²) in [5, 5.41) is 5.24. The summed E-state index contributed by atoms with van der Waals surface area (Å²) >= 11 is 12.2. The van der Waals surface area contributed by atoms with Crippen LogP contribution in [0.15, 0.2) is 0 Å². The lowest BCUT2D eigenvalue weighted by Crippen LogP contribution is -1.99. The summed E-state index contributed by atoms with van der Waals surface area (Å²) in [7, 11) is 1.86. The van der Waals surface area contributed by atoms with Gasteiger partial charge < -0.3 is 0 Å². The fourth-order valence-corrected chi connectivity index (χ4v) is 1.84. The zero-order valence-electron chi connectivity index (χ0n) is 8.85. The van der Waals surface area contributed by atoms with Gasteiger partial charge in [-0.1, -0.05) is 18.5 Å². The predicted octanol–water partition coefficient (Wildman–Crippen LogP) is 3.33. The molecule has 1 atom stereocenters. The van der Waals surface area contributed by atoms with E-state index >= 15 is 0 Å². The van der Waals surface area contributed by atoms with Crippen LogP contribution in [0.4, 0.5) is 0 Å². The van der Waals surface area contributed by atoms with E-state index in [0.717, 1.165) is 35.7 Å². The van der Waals surface area contributed by atoms with E-state index in [1.807, 2.05) is 14.0 Å². The van der Waals surface area contributed by atoms with Crippen molar-refractivity contribution >= 4 is 23.2 Å². The molecule has 0 aromatic carbocycles. The van der Waals surface area contributed by atoms with E-state index in [1.165, 1.54) is 0 Å². The number of aromatic nitrogens is 2. The molecule has 0 spiro atoms. The summed E-state index contributed by atoms with van der Waals surface area (Å²) in [4.78, 5) is 0. The fraction of sp³-hybridized carbons (Fsp3) is 0.700. The van der Waals surface area contributed by atoms with Gasteiger partial charge in [0.1, 0.15) is 5.15 Å². The van der Waals surface area contributed by atoms with E-state index in [4.69, 9.17) is 23.2 Å². The van der Waals surface area contributed by atoms with Crippen molar-refractivity contribution in [1.29, 1.82) is 0 Å². The van der Waals surface area contributed by atoms with Crippen LogP contribution in [0.3, 0.4) is 0 Å². The van der Waals surface area contributed by atoms with E-state index in [1.54, 1.807) is 4.68 Å². The zero-order chi connectivity index (χ0) is 10.7. The van der Waals surface area contributed by atoms with Gasteiger partial charge in [0, 0.05) is 18.0 Å². The third-order valence-corrected chi connectivity index (χ3v) is 3.42. The van der Waals surface area contributed by atoms with Crippen molar-refractivity contribution in [3.8, 4) is 0 Å². The number of alkyl halides is 1. The van der Waals surface area contributed by atoms with Gasteiger partial charge >= 0.3 is 0 Å². The maximum atomic E-state index is 6.10. The third-order valence-electron chi connectivity index (χ3n) is 2.42. The number of halogens is 2. The molecule has 4 heteroatoms. The van der Waals surface area contributed by atoms with Gasteiger partial charge in [-0.05, 0) is 26.2 Å². The Morgan fingerprint density at radius 2 is 2.14 bits per heavy atom. The average Bonchev–Trinajstić information content (AvgIpc) is 2.39. The van der Waals surface area contributed by atoms with Crippen LogP contribution in [0.2, 0.25) is 5.15 Å². The van der Waals surface area contributed by atoms with Crippen LogP contribution in [-0.4, -0.2) is 15.2 Å². The van der Waals surface area contributed by atoms with Crippen LogP contribution in [0.25, 0.3) is 0 Å². The van der Waals surface area contributed by atoms with E-state index < -0.39 is 0 Å². The minimum atomic E-state index is 0.241. The highest BCUT2D eigenvalue weighted by atomic mass is 35.5. The number of hydrogen-bond acceptors (Lipinski definition) is 1. The highest BCUT2D eigenvalue weighted by Gasteiger charge is 2.12. The molecule has 0 aliphatic heterocycles. The monoisotopic (exact) mass is 234 g/mol. The highest BCUT2D eigenvalue weighted by molar-refractivity contribution is 6.30.